The van der Waals surface area contributed by atoms with Crippen molar-refractivity contribution in [1.29, 1.82) is 0 Å². The van der Waals surface area contributed by atoms with Crippen LogP contribution in [0.1, 0.15) is 16.7 Å². The van der Waals surface area contributed by atoms with Gasteiger partial charge in [-0.25, -0.2) is 4.39 Å². The van der Waals surface area contributed by atoms with Crippen molar-refractivity contribution in [2.75, 3.05) is 5.73 Å². The highest BCUT2D eigenvalue weighted by Gasteiger charge is 2.36. The second-order valence-electron chi connectivity index (χ2n) is 8.69. The van der Waals surface area contributed by atoms with Crippen molar-refractivity contribution in [3.63, 3.8) is 0 Å². The average molecular weight is 485 g/mol. The van der Waals surface area contributed by atoms with Crippen molar-refractivity contribution >= 4 is 11.7 Å². The molecule has 0 saturated heterocycles. The van der Waals surface area contributed by atoms with E-state index in [0.717, 1.165) is 16.7 Å². The van der Waals surface area contributed by atoms with Gasteiger partial charge in [0.05, 0.1) is 5.69 Å². The molecule has 6 heteroatoms. The van der Waals surface area contributed by atoms with E-state index < -0.39 is 23.9 Å². The number of carboxylic acid groups (broad SMARTS) is 1. The third-order valence-electron chi connectivity index (χ3n) is 5.99. The lowest BCUT2D eigenvalue weighted by atomic mass is 9.99. The number of nitrogen functional groups attached to an aromatic ring is 1. The lowest BCUT2D eigenvalue weighted by molar-refractivity contribution is -0.148. The van der Waals surface area contributed by atoms with Crippen LogP contribution >= 0.6 is 0 Å². The predicted molar refractivity (Wildman–Crippen MR) is 139 cm³/mol. The van der Waals surface area contributed by atoms with Crippen molar-refractivity contribution in [1.82, 2.24) is 4.90 Å². The van der Waals surface area contributed by atoms with Crippen LogP contribution in [0.25, 0.3) is 0 Å². The summed E-state index contributed by atoms with van der Waals surface area (Å²) in [7, 11) is 0. The molecule has 0 aliphatic carbocycles. The summed E-state index contributed by atoms with van der Waals surface area (Å²) in [5.74, 6) is -1.24. The van der Waals surface area contributed by atoms with Crippen molar-refractivity contribution in [2.45, 2.75) is 31.7 Å². The van der Waals surface area contributed by atoms with Crippen LogP contribution in [-0.2, 0) is 24.3 Å². The van der Waals surface area contributed by atoms with Crippen molar-refractivity contribution in [3.8, 4) is 5.75 Å². The fraction of sp³-hybridized carbons (Fsp3) is 0.167. The van der Waals surface area contributed by atoms with E-state index in [1.165, 1.54) is 18.2 Å². The Kier molecular flexibility index (Phi) is 8.32. The van der Waals surface area contributed by atoms with Gasteiger partial charge in [-0.3, -0.25) is 9.69 Å². The molecule has 2 atom stereocenters. The minimum Gasteiger partial charge on any atom is -0.486 e. The van der Waals surface area contributed by atoms with E-state index in [2.05, 4.69) is 0 Å². The third kappa shape index (κ3) is 6.71. The van der Waals surface area contributed by atoms with Gasteiger partial charge in [-0.2, -0.15) is 0 Å². The Morgan fingerprint density at radius 2 is 1.31 bits per heavy atom. The van der Waals surface area contributed by atoms with Gasteiger partial charge in [-0.05, 0) is 28.8 Å². The van der Waals surface area contributed by atoms with Crippen LogP contribution in [0.5, 0.6) is 5.75 Å². The summed E-state index contributed by atoms with van der Waals surface area (Å²) in [6.45, 7) is 0.806. The number of nitrogens with zero attached hydrogens (tertiary/aromatic N) is 1. The zero-order chi connectivity index (χ0) is 25.3. The Balaban J connectivity index is 1.73. The van der Waals surface area contributed by atoms with Crippen molar-refractivity contribution in [3.05, 3.63) is 132 Å². The van der Waals surface area contributed by atoms with E-state index >= 15 is 0 Å². The highest BCUT2D eigenvalue weighted by Crippen LogP contribution is 2.27. The molecule has 4 rings (SSSR count). The van der Waals surface area contributed by atoms with Gasteiger partial charge in [-0.15, -0.1) is 0 Å². The fourth-order valence-corrected chi connectivity index (χ4v) is 4.29. The van der Waals surface area contributed by atoms with E-state index in [1.54, 1.807) is 0 Å². The Morgan fingerprint density at radius 1 is 0.806 bits per heavy atom. The molecule has 0 aromatic heterocycles. The minimum atomic E-state index is -1.02. The standard InChI is InChI=1S/C30H29FN2O3/c31-25-16-17-27(26(32)19-25)36-28(18-22-10-4-1-5-11-22)29(30(34)35)33(20-23-12-6-2-7-13-23)21-24-14-8-3-9-15-24/h1-17,19,28-29H,18,20-21,32H2,(H,34,35)/t28-,29-/m0/s1. The monoisotopic (exact) mass is 484 g/mol. The summed E-state index contributed by atoms with van der Waals surface area (Å²) >= 11 is 0. The molecule has 36 heavy (non-hydrogen) atoms. The first-order chi connectivity index (χ1) is 17.5. The van der Waals surface area contributed by atoms with Crippen LogP contribution in [-0.4, -0.2) is 28.1 Å². The molecule has 0 fully saturated rings. The number of hydrogen-bond donors (Lipinski definition) is 2. The Hall–Kier alpha value is -4.16. The van der Waals surface area contributed by atoms with E-state index in [4.69, 9.17) is 10.5 Å². The third-order valence-corrected chi connectivity index (χ3v) is 5.99. The van der Waals surface area contributed by atoms with Gasteiger partial charge >= 0.3 is 5.97 Å². The molecule has 184 valence electrons. The number of halogens is 1. The fourth-order valence-electron chi connectivity index (χ4n) is 4.29. The van der Waals surface area contributed by atoms with Gasteiger partial charge < -0.3 is 15.6 Å². The predicted octanol–water partition coefficient (Wildman–Crippen LogP) is 5.55. The summed E-state index contributed by atoms with van der Waals surface area (Å²) in [5.41, 5.74) is 9.05. The SMILES string of the molecule is Nc1cc(F)ccc1O[C@@H](Cc1ccccc1)[C@@H](C(=O)O)N(Cc1ccccc1)Cc1ccccc1. The maximum atomic E-state index is 13.7. The number of carbonyl (C=O) groups is 1. The molecule has 4 aromatic carbocycles. The minimum absolute atomic E-state index is 0.120. The summed E-state index contributed by atoms with van der Waals surface area (Å²) in [4.78, 5) is 14.8. The number of carboxylic acids is 1. The van der Waals surface area contributed by atoms with Gasteiger partial charge in [0, 0.05) is 25.6 Å². The quantitative estimate of drug-likeness (QED) is 0.273. The maximum Gasteiger partial charge on any atom is 0.324 e. The van der Waals surface area contributed by atoms with Crippen LogP contribution in [0.2, 0.25) is 0 Å². The summed E-state index contributed by atoms with van der Waals surface area (Å²) in [6.07, 6.45) is -0.473. The van der Waals surface area contributed by atoms with Gasteiger partial charge in [0.15, 0.2) is 0 Å². The summed E-state index contributed by atoms with van der Waals surface area (Å²) < 4.78 is 20.0. The van der Waals surface area contributed by atoms with Gasteiger partial charge in [0.25, 0.3) is 0 Å². The molecule has 3 N–H and O–H groups in total. The molecule has 0 aliphatic rings. The van der Waals surface area contributed by atoms with Crippen LogP contribution in [0.3, 0.4) is 0 Å². The topological polar surface area (TPSA) is 75.8 Å². The van der Waals surface area contributed by atoms with E-state index in [9.17, 15) is 14.3 Å². The number of benzene rings is 4. The number of rotatable bonds is 11. The number of nitrogens with two attached hydrogens (primary N) is 1. The Bertz CT molecular complexity index is 1210. The molecule has 0 amide bonds. The second kappa shape index (κ2) is 12.0. The Morgan fingerprint density at radius 3 is 1.78 bits per heavy atom. The summed E-state index contributed by atoms with van der Waals surface area (Å²) in [6, 6.07) is 31.9. The van der Waals surface area contributed by atoms with Crippen LogP contribution < -0.4 is 10.5 Å². The van der Waals surface area contributed by atoms with Crippen LogP contribution in [0, 0.1) is 5.82 Å². The lowest BCUT2D eigenvalue weighted by Gasteiger charge is -2.35. The molecule has 0 saturated carbocycles. The number of hydrogen-bond acceptors (Lipinski definition) is 4. The maximum absolute atomic E-state index is 13.7. The normalized spacial score (nSPS) is 12.7. The molecule has 0 unspecified atom stereocenters. The largest absolute Gasteiger partial charge is 0.486 e. The van der Waals surface area contributed by atoms with Gasteiger partial charge in [0.2, 0.25) is 0 Å². The molecule has 0 radical (unpaired) electrons. The first-order valence-corrected chi connectivity index (χ1v) is 11.8. The van der Waals surface area contributed by atoms with Crippen molar-refractivity contribution in [2.24, 2.45) is 0 Å². The molecule has 0 heterocycles. The van der Waals surface area contributed by atoms with Gasteiger partial charge in [-0.1, -0.05) is 91.0 Å². The molecule has 0 bridgehead atoms. The number of aliphatic carboxylic acids is 1. The number of ether oxygens (including phenoxy) is 1. The Labute approximate surface area is 210 Å². The molecule has 0 spiro atoms. The average Bonchev–Trinajstić information content (AvgIpc) is 2.87. The lowest BCUT2D eigenvalue weighted by Crippen LogP contribution is -2.51. The number of anilines is 1. The van der Waals surface area contributed by atoms with Gasteiger partial charge in [0.1, 0.15) is 23.7 Å². The molecule has 5 nitrogen and oxygen atoms in total. The first-order valence-electron chi connectivity index (χ1n) is 11.8. The smallest absolute Gasteiger partial charge is 0.324 e. The molecular weight excluding hydrogens is 455 g/mol. The molecule has 4 aromatic rings. The second-order valence-corrected chi connectivity index (χ2v) is 8.69. The van der Waals surface area contributed by atoms with E-state index in [1.807, 2.05) is 95.9 Å². The zero-order valence-corrected chi connectivity index (χ0v) is 19.8. The highest BCUT2D eigenvalue weighted by molar-refractivity contribution is 5.74. The zero-order valence-electron chi connectivity index (χ0n) is 19.8. The van der Waals surface area contributed by atoms with Crippen LogP contribution in [0.4, 0.5) is 10.1 Å². The molecule has 0 aliphatic heterocycles. The van der Waals surface area contributed by atoms with E-state index in [-0.39, 0.29) is 11.4 Å². The summed E-state index contributed by atoms with van der Waals surface area (Å²) in [5, 5.41) is 10.5. The van der Waals surface area contributed by atoms with Crippen LogP contribution in [0.15, 0.2) is 109 Å². The highest BCUT2D eigenvalue weighted by atomic mass is 19.1. The van der Waals surface area contributed by atoms with E-state index in [0.29, 0.717) is 19.5 Å². The first kappa shape index (κ1) is 24.9. The molecular formula is C30H29FN2O3. The van der Waals surface area contributed by atoms with Crippen molar-refractivity contribution < 1.29 is 19.0 Å².